The number of amides is 9. The fraction of sp³-hybridized carbons (Fsp3) is 0.791. The maximum atomic E-state index is 11.9. The monoisotopic (exact) mass is 993 g/mol. The average molecular weight is 994 g/mol. The Kier molecular flexibility index (Phi) is 22.5. The molecule has 9 atom stereocenters. The number of hydrogen-bond donors (Lipinski definition) is 8. The van der Waals surface area contributed by atoms with Crippen LogP contribution in [0.2, 0.25) is 0 Å². The third-order valence-corrected chi connectivity index (χ3v) is 17.3. The van der Waals surface area contributed by atoms with Gasteiger partial charge in [0.2, 0.25) is 17.7 Å². The zero-order valence-electron chi connectivity index (χ0n) is 38.0. The second kappa shape index (κ2) is 28.2. The van der Waals surface area contributed by atoms with Gasteiger partial charge in [-0.3, -0.25) is 33.7 Å². The van der Waals surface area contributed by atoms with E-state index < -0.39 is 5.97 Å². The van der Waals surface area contributed by atoms with Crippen LogP contribution in [0.4, 0.5) is 14.4 Å². The number of ketones is 2. The van der Waals surface area contributed by atoms with Crippen molar-refractivity contribution in [1.82, 2.24) is 42.1 Å². The van der Waals surface area contributed by atoms with E-state index in [9.17, 15) is 43.2 Å². The molecule has 7 fully saturated rings. The molecule has 0 aliphatic carbocycles. The van der Waals surface area contributed by atoms with Gasteiger partial charge in [-0.25, -0.2) is 14.4 Å². The van der Waals surface area contributed by atoms with Crippen LogP contribution in [0.3, 0.4) is 0 Å². The minimum absolute atomic E-state index is 0.0367. The zero-order chi connectivity index (χ0) is 48.1. The summed E-state index contributed by atoms with van der Waals surface area (Å²) in [5, 5.41) is 33.7. The number of carboxylic acids is 1. The largest absolute Gasteiger partial charge is 0.481 e. The van der Waals surface area contributed by atoms with Crippen molar-refractivity contribution in [3.8, 4) is 0 Å². The molecule has 7 heterocycles. The summed E-state index contributed by atoms with van der Waals surface area (Å²) in [5.74, 6) is 1.84. The van der Waals surface area contributed by atoms with Crippen molar-refractivity contribution in [2.24, 2.45) is 5.11 Å². The molecule has 21 nitrogen and oxygen atoms in total. The van der Waals surface area contributed by atoms with Crippen molar-refractivity contribution in [3.63, 3.8) is 0 Å². The number of nitrogens with zero attached hydrogens (tertiary/aromatic N) is 4. The molecule has 0 spiro atoms. The number of fused-ring (bicyclic) bond motifs is 3. The van der Waals surface area contributed by atoms with Crippen molar-refractivity contribution in [3.05, 3.63) is 10.4 Å². The molecule has 372 valence electrons. The number of likely N-dealkylation sites (tertiary alicyclic amines) is 1. The second-order valence-corrected chi connectivity index (χ2v) is 21.6. The first-order valence-corrected chi connectivity index (χ1v) is 26.9. The Labute approximate surface area is 403 Å². The number of urea groups is 3. The normalized spacial score (nSPS) is 27.3. The molecule has 7 rings (SSSR count). The quantitative estimate of drug-likeness (QED) is 0.0153. The number of azide groups is 1. The maximum Gasteiger partial charge on any atom is 0.315 e. The van der Waals surface area contributed by atoms with Gasteiger partial charge in [-0.2, -0.15) is 35.3 Å². The Morgan fingerprint density at radius 3 is 1.51 bits per heavy atom. The Hall–Kier alpha value is -4.41. The van der Waals surface area contributed by atoms with E-state index >= 15 is 0 Å². The molecule has 0 saturated carbocycles. The van der Waals surface area contributed by atoms with E-state index in [4.69, 9.17) is 10.6 Å². The summed E-state index contributed by atoms with van der Waals surface area (Å²) in [4.78, 5) is 106. The van der Waals surface area contributed by atoms with Crippen molar-refractivity contribution < 1.29 is 48.3 Å². The third-order valence-electron chi connectivity index (χ3n) is 12.8. The van der Waals surface area contributed by atoms with Crippen LogP contribution in [-0.4, -0.2) is 152 Å². The summed E-state index contributed by atoms with van der Waals surface area (Å²) < 4.78 is 0. The third kappa shape index (κ3) is 17.9. The van der Waals surface area contributed by atoms with Gasteiger partial charge < -0.3 is 42.3 Å². The summed E-state index contributed by atoms with van der Waals surface area (Å²) >= 11 is 5.63. The van der Waals surface area contributed by atoms with E-state index in [1.165, 1.54) is 0 Å². The second-order valence-electron chi connectivity index (χ2n) is 17.8. The number of thioether (sulfide) groups is 3. The predicted molar refractivity (Wildman–Crippen MR) is 256 cm³/mol. The predicted octanol–water partition coefficient (Wildman–Crippen LogP) is 3.89. The number of carboxylic acid groups (broad SMARTS) is 1. The van der Waals surface area contributed by atoms with Crippen LogP contribution in [0.5, 0.6) is 0 Å². The minimum Gasteiger partial charge on any atom is -0.481 e. The Morgan fingerprint density at radius 2 is 1.03 bits per heavy atom. The van der Waals surface area contributed by atoms with E-state index in [2.05, 4.69) is 47.2 Å². The van der Waals surface area contributed by atoms with Crippen molar-refractivity contribution >= 4 is 88.6 Å². The molecule has 0 aromatic rings. The lowest BCUT2D eigenvalue weighted by molar-refractivity contribution is -0.142. The molecule has 9 amide bonds. The number of rotatable bonds is 26. The van der Waals surface area contributed by atoms with Crippen LogP contribution in [0.25, 0.3) is 10.4 Å². The summed E-state index contributed by atoms with van der Waals surface area (Å²) in [5.41, 5.74) is 8.16. The number of unbranched alkanes of at least 4 members (excludes halogenated alkanes) is 4. The summed E-state index contributed by atoms with van der Waals surface area (Å²) in [6.07, 6.45) is 12.8. The van der Waals surface area contributed by atoms with Crippen LogP contribution in [0, 0.1) is 0 Å². The van der Waals surface area contributed by atoms with Gasteiger partial charge in [-0.1, -0.05) is 24.4 Å². The molecule has 0 aromatic carbocycles. The molecule has 7 aliphatic heterocycles. The average Bonchev–Trinajstić information content (AvgIpc) is 4.17. The first kappa shape index (κ1) is 53.5. The van der Waals surface area contributed by atoms with Crippen molar-refractivity contribution in [1.29, 1.82) is 0 Å². The summed E-state index contributed by atoms with van der Waals surface area (Å²) in [7, 11) is 0. The van der Waals surface area contributed by atoms with E-state index in [1.807, 2.05) is 35.3 Å². The van der Waals surface area contributed by atoms with Crippen LogP contribution < -0.4 is 37.2 Å². The van der Waals surface area contributed by atoms with Gasteiger partial charge in [0.25, 0.3) is 0 Å². The van der Waals surface area contributed by atoms with Gasteiger partial charge in [0, 0.05) is 96.0 Å². The van der Waals surface area contributed by atoms with Crippen molar-refractivity contribution in [2.75, 3.05) is 36.9 Å². The number of imide groups is 1. The molecular formula is C43H67N11O10S3. The molecule has 0 bridgehead atoms. The van der Waals surface area contributed by atoms with Crippen LogP contribution in [0.1, 0.15) is 122 Å². The molecule has 24 heteroatoms. The lowest BCUT2D eigenvalue weighted by Crippen LogP contribution is -2.36. The summed E-state index contributed by atoms with van der Waals surface area (Å²) in [6.45, 7) is 0.899. The van der Waals surface area contributed by atoms with Crippen LogP contribution >= 0.6 is 35.3 Å². The highest BCUT2D eigenvalue weighted by Crippen LogP contribution is 2.35. The number of carbonyl (C=O) groups is 9. The standard InChI is InChI=1S/C18H30N6O3S.C15H21N3O4S.C10H16N2O3S/c19-24-21-11-4-3-6-13(25)7-5-10-20-16(26)9-2-1-8-15-17-14(12-28-15)22-18(27)23-17;19-9(7-18-12(20)5-6-13(18)21)3-1-2-4-11-14-10(8-23-11)16-15(22)17-14;13-8(14)4-2-1-3-7-9-6(5-16-7)11-10(15)12-9/h14-15,17H,1-12H2,(H,20,26)(H2,22,23,27);10-11,14H,1-8H2,(H2,16,17,22);6-7,9H,1-5H2,(H,13,14)(H2,11,12,15). The molecule has 7 aliphatic rings. The summed E-state index contributed by atoms with van der Waals surface area (Å²) in [6, 6.07) is 1.19. The maximum absolute atomic E-state index is 11.9. The van der Waals surface area contributed by atoms with E-state index in [0.717, 1.165) is 92.8 Å². The van der Waals surface area contributed by atoms with Gasteiger partial charge in [-0.15, -0.1) is 0 Å². The number of nitrogens with one attached hydrogen (secondary N) is 7. The highest BCUT2D eigenvalue weighted by atomic mass is 32.2. The lowest BCUT2D eigenvalue weighted by atomic mass is 10.0. The van der Waals surface area contributed by atoms with Crippen LogP contribution in [0.15, 0.2) is 5.11 Å². The van der Waals surface area contributed by atoms with Gasteiger partial charge >= 0.3 is 24.1 Å². The molecule has 0 aromatic heterocycles. The molecule has 7 saturated heterocycles. The van der Waals surface area contributed by atoms with E-state index in [1.54, 1.807) is 0 Å². The molecule has 8 N–H and O–H groups in total. The van der Waals surface area contributed by atoms with E-state index in [0.29, 0.717) is 60.9 Å². The Morgan fingerprint density at radius 1 is 0.597 bits per heavy atom. The molecule has 0 radical (unpaired) electrons. The topological polar surface area (TPSA) is 310 Å². The number of hydrogen-bond acceptors (Lipinski definition) is 13. The SMILES string of the molecule is O=C(CCCCC1SCC2NC(=O)NC21)CN1C(=O)CCC1=O.O=C(O)CCCCC1SCC2NC(=O)NC21.[N-]=[N+]=NCCCCC(=O)CCCNC(=O)CCCCC1SCC2NC(=O)NC21. The van der Waals surface area contributed by atoms with Gasteiger partial charge in [0.15, 0.2) is 5.78 Å². The van der Waals surface area contributed by atoms with Crippen molar-refractivity contribution in [2.45, 2.75) is 174 Å². The fourth-order valence-corrected chi connectivity index (χ4v) is 13.8. The lowest BCUT2D eigenvalue weighted by Gasteiger charge is -2.16. The van der Waals surface area contributed by atoms with Gasteiger partial charge in [0.05, 0.1) is 42.8 Å². The minimum atomic E-state index is -0.729. The number of Topliss-reactive ketones (excluding diaryl/α,β-unsaturated/α-hetero) is 2. The van der Waals surface area contributed by atoms with Gasteiger partial charge in [-0.05, 0) is 63.3 Å². The van der Waals surface area contributed by atoms with Crippen LogP contribution in [-0.2, 0) is 28.8 Å². The Bertz CT molecular complexity index is 1810. The smallest absolute Gasteiger partial charge is 0.315 e. The Balaban J connectivity index is 0.000000195. The molecule has 9 unspecified atom stereocenters. The first-order valence-electron chi connectivity index (χ1n) is 23.7. The van der Waals surface area contributed by atoms with E-state index in [-0.39, 0.29) is 109 Å². The zero-order valence-corrected chi connectivity index (χ0v) is 40.5. The fourth-order valence-electron chi connectivity index (χ4n) is 9.18. The molecule has 67 heavy (non-hydrogen) atoms. The number of carbonyl (C=O) groups excluding carboxylic acids is 8. The van der Waals surface area contributed by atoms with Gasteiger partial charge in [0.1, 0.15) is 5.78 Å². The highest BCUT2D eigenvalue weighted by molar-refractivity contribution is 8.00. The molecular weight excluding hydrogens is 927 g/mol. The number of aliphatic carboxylic acids is 1. The first-order chi connectivity index (χ1) is 32.3. The highest BCUT2D eigenvalue weighted by Gasteiger charge is 2.44.